The van der Waals surface area contributed by atoms with Crippen LogP contribution in [0.25, 0.3) is 0 Å². The van der Waals surface area contributed by atoms with Gasteiger partial charge in [0.25, 0.3) is 0 Å². The Kier molecular flexibility index (Phi) is 8.88. The van der Waals surface area contributed by atoms with Gasteiger partial charge >= 0.3 is 0 Å². The Hall–Kier alpha value is -3.11. The molecule has 0 aliphatic carbocycles. The number of nitrogens with zero attached hydrogens (tertiary/aromatic N) is 1. The highest BCUT2D eigenvalue weighted by Gasteiger charge is 2.30. The Balaban J connectivity index is 1.93. The van der Waals surface area contributed by atoms with Crippen molar-refractivity contribution < 1.29 is 9.59 Å². The van der Waals surface area contributed by atoms with Crippen molar-refractivity contribution >= 4 is 23.4 Å². The molecule has 0 saturated heterocycles. The van der Waals surface area contributed by atoms with Gasteiger partial charge in [-0.05, 0) is 35.2 Å². The number of carbonyl (C=O) groups is 2. The van der Waals surface area contributed by atoms with E-state index in [4.69, 9.17) is 11.6 Å². The number of benzene rings is 3. The fourth-order valence-corrected chi connectivity index (χ4v) is 3.70. The molecule has 0 bridgehead atoms. The number of nitrogens with one attached hydrogen (secondary N) is 1. The first-order valence-electron chi connectivity index (χ1n) is 11.0. The zero-order valence-electron chi connectivity index (χ0n) is 18.3. The molecule has 166 valence electrons. The van der Waals surface area contributed by atoms with E-state index in [1.807, 2.05) is 79.7 Å². The summed E-state index contributed by atoms with van der Waals surface area (Å²) in [6.07, 6.45) is 1.52. The summed E-state index contributed by atoms with van der Waals surface area (Å²) in [6.45, 7) is 2.92. The second kappa shape index (κ2) is 12.1. The predicted octanol–water partition coefficient (Wildman–Crippen LogP) is 5.05. The van der Waals surface area contributed by atoms with Crippen LogP contribution < -0.4 is 5.32 Å². The first-order valence-corrected chi connectivity index (χ1v) is 11.3. The summed E-state index contributed by atoms with van der Waals surface area (Å²) in [7, 11) is 0. The van der Waals surface area contributed by atoms with Crippen LogP contribution in [0.3, 0.4) is 0 Å². The lowest BCUT2D eigenvalue weighted by molar-refractivity contribution is -0.140. The van der Waals surface area contributed by atoms with E-state index in [0.29, 0.717) is 24.5 Å². The van der Waals surface area contributed by atoms with Gasteiger partial charge in [-0.3, -0.25) is 9.59 Å². The molecular formula is C27H29ClN2O2. The topological polar surface area (TPSA) is 49.4 Å². The normalized spacial score (nSPS) is 11.6. The molecule has 2 amide bonds. The summed E-state index contributed by atoms with van der Waals surface area (Å²) in [6, 6.07) is 26.2. The molecule has 1 N–H and O–H groups in total. The second-order valence-electron chi connectivity index (χ2n) is 7.81. The van der Waals surface area contributed by atoms with Gasteiger partial charge in [-0.25, -0.2) is 0 Å². The molecule has 0 heterocycles. The number of rotatable bonds is 10. The molecule has 0 spiro atoms. The smallest absolute Gasteiger partial charge is 0.243 e. The summed E-state index contributed by atoms with van der Waals surface area (Å²) in [4.78, 5) is 28.4. The maximum Gasteiger partial charge on any atom is 0.243 e. The third kappa shape index (κ3) is 6.96. The van der Waals surface area contributed by atoms with Crippen molar-refractivity contribution in [1.82, 2.24) is 10.2 Å². The number of amides is 2. The lowest BCUT2D eigenvalue weighted by Gasteiger charge is -2.31. The first kappa shape index (κ1) is 23.6. The highest BCUT2D eigenvalue weighted by atomic mass is 35.5. The van der Waals surface area contributed by atoms with Crippen molar-refractivity contribution in [2.45, 2.75) is 38.8 Å². The number of hydrogen-bond acceptors (Lipinski definition) is 2. The first-order chi connectivity index (χ1) is 15.6. The van der Waals surface area contributed by atoms with Crippen LogP contribution in [0.15, 0.2) is 84.9 Å². The van der Waals surface area contributed by atoms with Crippen LogP contribution in [-0.4, -0.2) is 29.3 Å². The van der Waals surface area contributed by atoms with Crippen LogP contribution in [0.2, 0.25) is 5.02 Å². The molecule has 0 aliphatic rings. The molecule has 3 aromatic rings. The molecule has 1 unspecified atom stereocenters. The van der Waals surface area contributed by atoms with Crippen LogP contribution in [0.1, 0.15) is 30.0 Å². The molecule has 0 aliphatic heterocycles. The monoisotopic (exact) mass is 448 g/mol. The van der Waals surface area contributed by atoms with Crippen molar-refractivity contribution in [3.05, 3.63) is 107 Å². The number of hydrogen-bond donors (Lipinski definition) is 1. The fraction of sp³-hybridized carbons (Fsp3) is 0.259. The summed E-state index contributed by atoms with van der Waals surface area (Å²) < 4.78 is 0. The lowest BCUT2D eigenvalue weighted by Crippen LogP contribution is -2.51. The van der Waals surface area contributed by atoms with Crippen LogP contribution in [0, 0.1) is 0 Å². The fourth-order valence-electron chi connectivity index (χ4n) is 3.58. The van der Waals surface area contributed by atoms with Crippen LogP contribution in [-0.2, 0) is 29.0 Å². The zero-order chi connectivity index (χ0) is 22.8. The molecule has 0 saturated carbocycles. The van der Waals surface area contributed by atoms with E-state index in [1.165, 1.54) is 0 Å². The van der Waals surface area contributed by atoms with Crippen molar-refractivity contribution in [2.75, 3.05) is 6.54 Å². The Bertz CT molecular complexity index is 991. The van der Waals surface area contributed by atoms with Gasteiger partial charge in [0.05, 0.1) is 6.42 Å². The Morgan fingerprint density at radius 1 is 0.844 bits per heavy atom. The third-order valence-electron chi connectivity index (χ3n) is 5.28. The molecule has 32 heavy (non-hydrogen) atoms. The third-order valence-corrected chi connectivity index (χ3v) is 5.54. The average molecular weight is 449 g/mol. The Morgan fingerprint density at radius 2 is 1.44 bits per heavy atom. The molecule has 3 rings (SSSR count). The van der Waals surface area contributed by atoms with E-state index < -0.39 is 6.04 Å². The Labute approximate surface area is 195 Å². The zero-order valence-corrected chi connectivity index (χ0v) is 19.1. The molecule has 0 radical (unpaired) electrons. The van der Waals surface area contributed by atoms with Crippen molar-refractivity contribution in [1.29, 1.82) is 0 Å². The summed E-state index contributed by atoms with van der Waals surface area (Å²) >= 11 is 6.05. The standard InChI is InChI=1S/C27H29ClN2O2/c1-2-17-29-27(32)25(18-21-9-5-3-6-10-21)30(20-23-13-15-24(28)16-14-23)26(31)19-22-11-7-4-8-12-22/h3-16,25H,2,17-20H2,1H3,(H,29,32). The minimum atomic E-state index is -0.615. The van der Waals surface area contributed by atoms with Gasteiger partial charge < -0.3 is 10.2 Å². The Morgan fingerprint density at radius 3 is 2.03 bits per heavy atom. The van der Waals surface area contributed by atoms with Gasteiger partial charge in [-0.1, -0.05) is 91.3 Å². The van der Waals surface area contributed by atoms with E-state index in [-0.39, 0.29) is 18.2 Å². The van der Waals surface area contributed by atoms with E-state index in [1.54, 1.807) is 17.0 Å². The van der Waals surface area contributed by atoms with E-state index >= 15 is 0 Å². The largest absolute Gasteiger partial charge is 0.354 e. The maximum absolute atomic E-state index is 13.5. The average Bonchev–Trinajstić information content (AvgIpc) is 2.82. The highest BCUT2D eigenvalue weighted by molar-refractivity contribution is 6.30. The van der Waals surface area contributed by atoms with Gasteiger partial charge in [0.1, 0.15) is 6.04 Å². The van der Waals surface area contributed by atoms with E-state index in [9.17, 15) is 9.59 Å². The van der Waals surface area contributed by atoms with Gasteiger partial charge in [0, 0.05) is 24.5 Å². The quantitative estimate of drug-likeness (QED) is 0.472. The summed E-state index contributed by atoms with van der Waals surface area (Å²) in [5, 5.41) is 3.63. The van der Waals surface area contributed by atoms with Crippen molar-refractivity contribution in [3.63, 3.8) is 0 Å². The number of carbonyl (C=O) groups excluding carboxylic acids is 2. The van der Waals surface area contributed by atoms with E-state index in [0.717, 1.165) is 23.1 Å². The minimum Gasteiger partial charge on any atom is -0.354 e. The minimum absolute atomic E-state index is 0.0845. The summed E-state index contributed by atoms with van der Waals surface area (Å²) in [5.41, 5.74) is 2.86. The van der Waals surface area contributed by atoms with Gasteiger partial charge in [0.15, 0.2) is 0 Å². The summed E-state index contributed by atoms with van der Waals surface area (Å²) in [5.74, 6) is -0.218. The highest BCUT2D eigenvalue weighted by Crippen LogP contribution is 2.18. The van der Waals surface area contributed by atoms with Crippen LogP contribution in [0.5, 0.6) is 0 Å². The van der Waals surface area contributed by atoms with Gasteiger partial charge in [-0.15, -0.1) is 0 Å². The molecular weight excluding hydrogens is 420 g/mol. The molecule has 1 atom stereocenters. The van der Waals surface area contributed by atoms with Crippen molar-refractivity contribution in [2.24, 2.45) is 0 Å². The van der Waals surface area contributed by atoms with Crippen LogP contribution >= 0.6 is 11.6 Å². The molecule has 5 heteroatoms. The molecule has 0 fully saturated rings. The van der Waals surface area contributed by atoms with E-state index in [2.05, 4.69) is 5.32 Å². The second-order valence-corrected chi connectivity index (χ2v) is 8.24. The molecule has 4 nitrogen and oxygen atoms in total. The van der Waals surface area contributed by atoms with Gasteiger partial charge in [0.2, 0.25) is 11.8 Å². The molecule has 0 aromatic heterocycles. The molecule has 3 aromatic carbocycles. The van der Waals surface area contributed by atoms with Crippen LogP contribution in [0.4, 0.5) is 0 Å². The number of halogens is 1. The maximum atomic E-state index is 13.5. The van der Waals surface area contributed by atoms with Gasteiger partial charge in [-0.2, -0.15) is 0 Å². The van der Waals surface area contributed by atoms with Crippen molar-refractivity contribution in [3.8, 4) is 0 Å². The predicted molar refractivity (Wildman–Crippen MR) is 129 cm³/mol. The lowest BCUT2D eigenvalue weighted by atomic mass is 10.0. The SMILES string of the molecule is CCCNC(=O)C(Cc1ccccc1)N(Cc1ccc(Cl)cc1)C(=O)Cc1ccccc1.